The average molecular weight is 237 g/mol. The first-order valence-corrected chi connectivity index (χ1v) is 5.05. The van der Waals surface area contributed by atoms with Crippen LogP contribution in [-0.4, -0.2) is 22.5 Å². The van der Waals surface area contributed by atoms with Gasteiger partial charge >= 0.3 is 5.97 Å². The number of non-ortho nitro benzene ring substituents is 1. The Balaban J connectivity index is 2.30. The van der Waals surface area contributed by atoms with Gasteiger partial charge in [-0.2, -0.15) is 0 Å². The van der Waals surface area contributed by atoms with Crippen LogP contribution in [0.5, 0.6) is 0 Å². The number of rotatable bonds is 3. The molecule has 0 aromatic heterocycles. The average Bonchev–Trinajstić information content (AvgIpc) is 2.78. The van der Waals surface area contributed by atoms with E-state index < -0.39 is 22.9 Å². The molecule has 1 aromatic rings. The van der Waals surface area contributed by atoms with Gasteiger partial charge in [-0.1, -0.05) is 12.1 Å². The summed E-state index contributed by atoms with van der Waals surface area (Å²) in [6, 6.07) is 5.54. The molecule has 1 heterocycles. The lowest BCUT2D eigenvalue weighted by Gasteiger charge is -2.14. The number of hydrogen-bond acceptors (Lipinski definition) is 5. The summed E-state index contributed by atoms with van der Waals surface area (Å²) in [5.74, 6) is -1.56. The van der Waals surface area contributed by atoms with Crippen LogP contribution in [0.4, 0.5) is 5.69 Å². The quantitative estimate of drug-likeness (QED) is 0.520. The number of hydrazine groups is 1. The number of nitrogens with zero attached hydrogens (tertiary/aromatic N) is 1. The van der Waals surface area contributed by atoms with Gasteiger partial charge in [0.25, 0.3) is 5.69 Å². The largest absolute Gasteiger partial charge is 0.481 e. The maximum Gasteiger partial charge on any atom is 0.309 e. The zero-order valence-corrected chi connectivity index (χ0v) is 8.79. The van der Waals surface area contributed by atoms with E-state index in [0.717, 1.165) is 0 Å². The van der Waals surface area contributed by atoms with Crippen molar-refractivity contribution >= 4 is 11.7 Å². The van der Waals surface area contributed by atoms with Gasteiger partial charge in [-0.15, -0.1) is 0 Å². The molecule has 1 aromatic carbocycles. The summed E-state index contributed by atoms with van der Waals surface area (Å²) in [5.41, 5.74) is 6.12. The van der Waals surface area contributed by atoms with Crippen molar-refractivity contribution in [2.75, 3.05) is 6.54 Å². The highest BCUT2D eigenvalue weighted by Gasteiger charge is 2.34. The summed E-state index contributed by atoms with van der Waals surface area (Å²) in [4.78, 5) is 21.1. The predicted molar refractivity (Wildman–Crippen MR) is 58.1 cm³/mol. The summed E-state index contributed by atoms with van der Waals surface area (Å²) < 4.78 is 0. The fourth-order valence-corrected chi connectivity index (χ4v) is 1.87. The van der Waals surface area contributed by atoms with Gasteiger partial charge < -0.3 is 5.11 Å². The van der Waals surface area contributed by atoms with Crippen LogP contribution >= 0.6 is 0 Å². The maximum atomic E-state index is 11.0. The van der Waals surface area contributed by atoms with Crippen LogP contribution in [0.15, 0.2) is 24.3 Å². The van der Waals surface area contributed by atoms with Crippen molar-refractivity contribution in [1.82, 2.24) is 10.9 Å². The van der Waals surface area contributed by atoms with Gasteiger partial charge in [0, 0.05) is 18.7 Å². The van der Waals surface area contributed by atoms with E-state index in [-0.39, 0.29) is 5.69 Å². The molecule has 1 aliphatic heterocycles. The minimum atomic E-state index is -0.931. The Bertz CT molecular complexity index is 463. The first-order chi connectivity index (χ1) is 8.09. The molecule has 0 spiro atoms. The molecule has 2 rings (SSSR count). The van der Waals surface area contributed by atoms with E-state index in [4.69, 9.17) is 5.11 Å². The van der Waals surface area contributed by atoms with Gasteiger partial charge in [-0.3, -0.25) is 20.3 Å². The zero-order chi connectivity index (χ0) is 12.4. The molecule has 90 valence electrons. The van der Waals surface area contributed by atoms with Gasteiger partial charge in [0.15, 0.2) is 0 Å². The molecular weight excluding hydrogens is 226 g/mol. The third-order valence-corrected chi connectivity index (χ3v) is 2.74. The number of hydrogen-bond donors (Lipinski definition) is 3. The molecule has 7 nitrogen and oxygen atoms in total. The van der Waals surface area contributed by atoms with E-state index >= 15 is 0 Å². The highest BCUT2D eigenvalue weighted by Crippen LogP contribution is 2.27. The maximum absolute atomic E-state index is 11.0. The van der Waals surface area contributed by atoms with Crippen molar-refractivity contribution in [2.45, 2.75) is 6.04 Å². The lowest BCUT2D eigenvalue weighted by molar-refractivity contribution is -0.384. The molecule has 0 radical (unpaired) electrons. The number of carbonyl (C=O) groups is 1. The molecule has 0 amide bonds. The molecule has 2 unspecified atom stereocenters. The molecule has 0 aliphatic carbocycles. The monoisotopic (exact) mass is 237 g/mol. The summed E-state index contributed by atoms with van der Waals surface area (Å²) in [6.45, 7) is 0.294. The summed E-state index contributed by atoms with van der Waals surface area (Å²) in [7, 11) is 0. The lowest BCUT2D eigenvalue weighted by Crippen LogP contribution is -2.26. The third kappa shape index (κ3) is 2.24. The summed E-state index contributed by atoms with van der Waals surface area (Å²) in [6.07, 6.45) is 0. The van der Waals surface area contributed by atoms with Crippen molar-refractivity contribution in [1.29, 1.82) is 0 Å². The zero-order valence-electron chi connectivity index (χ0n) is 8.79. The van der Waals surface area contributed by atoms with Gasteiger partial charge in [-0.05, 0) is 5.56 Å². The van der Waals surface area contributed by atoms with E-state index in [2.05, 4.69) is 10.9 Å². The van der Waals surface area contributed by atoms with Gasteiger partial charge in [-0.25, -0.2) is 5.43 Å². The molecule has 1 aliphatic rings. The highest BCUT2D eigenvalue weighted by atomic mass is 16.6. The van der Waals surface area contributed by atoms with Crippen LogP contribution in [0.1, 0.15) is 11.6 Å². The SMILES string of the molecule is O=C(O)C1CNNC1c1cccc([N+](=O)[O-])c1. The van der Waals surface area contributed by atoms with Crippen LogP contribution in [0.2, 0.25) is 0 Å². The minimum Gasteiger partial charge on any atom is -0.481 e. The van der Waals surface area contributed by atoms with Crippen LogP contribution in [-0.2, 0) is 4.79 Å². The fourth-order valence-electron chi connectivity index (χ4n) is 1.87. The molecule has 7 heteroatoms. The van der Waals surface area contributed by atoms with E-state index in [1.807, 2.05) is 0 Å². The van der Waals surface area contributed by atoms with E-state index in [0.29, 0.717) is 12.1 Å². The van der Waals surface area contributed by atoms with Crippen molar-refractivity contribution in [3.8, 4) is 0 Å². The number of nitrogens with one attached hydrogen (secondary N) is 2. The number of nitro benzene ring substituents is 1. The molecule has 17 heavy (non-hydrogen) atoms. The Labute approximate surface area is 96.6 Å². The molecule has 1 saturated heterocycles. The number of carboxylic acids is 1. The lowest BCUT2D eigenvalue weighted by atomic mass is 9.95. The number of aliphatic carboxylic acids is 1. The van der Waals surface area contributed by atoms with Crippen LogP contribution < -0.4 is 10.9 Å². The second-order valence-corrected chi connectivity index (χ2v) is 3.80. The normalized spacial score (nSPS) is 23.5. The van der Waals surface area contributed by atoms with Crippen molar-refractivity contribution in [3.05, 3.63) is 39.9 Å². The van der Waals surface area contributed by atoms with Crippen molar-refractivity contribution in [3.63, 3.8) is 0 Å². The minimum absolute atomic E-state index is 0.0414. The van der Waals surface area contributed by atoms with Crippen molar-refractivity contribution < 1.29 is 14.8 Å². The third-order valence-electron chi connectivity index (χ3n) is 2.74. The second kappa shape index (κ2) is 4.48. The predicted octanol–water partition coefficient (Wildman–Crippen LogP) is 0.444. The molecule has 2 atom stereocenters. The number of benzene rings is 1. The first kappa shape index (κ1) is 11.5. The Morgan fingerprint density at radius 2 is 2.29 bits per heavy atom. The van der Waals surface area contributed by atoms with Crippen LogP contribution in [0.3, 0.4) is 0 Å². The van der Waals surface area contributed by atoms with Gasteiger partial charge in [0.1, 0.15) is 0 Å². The topological polar surface area (TPSA) is 104 Å². The van der Waals surface area contributed by atoms with Crippen molar-refractivity contribution in [2.24, 2.45) is 5.92 Å². The molecular formula is C10H11N3O4. The number of nitro groups is 1. The first-order valence-electron chi connectivity index (χ1n) is 5.05. The summed E-state index contributed by atoms with van der Waals surface area (Å²) >= 11 is 0. The van der Waals surface area contributed by atoms with Crippen LogP contribution in [0, 0.1) is 16.0 Å². The van der Waals surface area contributed by atoms with E-state index in [1.54, 1.807) is 12.1 Å². The number of carboxylic acid groups (broad SMARTS) is 1. The van der Waals surface area contributed by atoms with E-state index in [9.17, 15) is 14.9 Å². The highest BCUT2D eigenvalue weighted by molar-refractivity contribution is 5.72. The fraction of sp³-hybridized carbons (Fsp3) is 0.300. The molecule has 1 fully saturated rings. The Morgan fingerprint density at radius 3 is 2.94 bits per heavy atom. The molecule has 3 N–H and O–H groups in total. The Kier molecular flexibility index (Phi) is 3.03. The standard InChI is InChI=1S/C10H11N3O4/c14-10(15)8-5-11-12-9(8)6-2-1-3-7(4-6)13(16)17/h1-4,8-9,11-12H,5H2,(H,14,15). The Hall–Kier alpha value is -1.99. The van der Waals surface area contributed by atoms with E-state index in [1.165, 1.54) is 12.1 Å². The van der Waals surface area contributed by atoms with Crippen LogP contribution in [0.25, 0.3) is 0 Å². The van der Waals surface area contributed by atoms with Gasteiger partial charge in [0.05, 0.1) is 16.9 Å². The Morgan fingerprint density at radius 1 is 1.53 bits per heavy atom. The second-order valence-electron chi connectivity index (χ2n) is 3.80. The smallest absolute Gasteiger partial charge is 0.309 e. The molecule has 0 bridgehead atoms. The van der Waals surface area contributed by atoms with Gasteiger partial charge in [0.2, 0.25) is 0 Å². The summed E-state index contributed by atoms with van der Waals surface area (Å²) in [5, 5.41) is 19.6. The molecule has 0 saturated carbocycles.